The van der Waals surface area contributed by atoms with Gasteiger partial charge in [0.25, 0.3) is 10.0 Å². The second-order valence-electron chi connectivity index (χ2n) is 5.70. The van der Waals surface area contributed by atoms with Crippen molar-refractivity contribution in [3.8, 4) is 6.07 Å². The molecule has 0 radical (unpaired) electrons. The van der Waals surface area contributed by atoms with E-state index in [1.54, 1.807) is 18.2 Å². The standard InChI is InChI=1S/C17H18N4O2S/c18-12-14-5-4-6-16(11-14)24(22,23)20-15-7-8-17(19-13-15)21-9-2-1-3-10-21/h4-8,11,13,20H,1-3,9-10H2. The smallest absolute Gasteiger partial charge is 0.261 e. The molecule has 0 unspecified atom stereocenters. The zero-order chi connectivity index (χ0) is 17.0. The predicted octanol–water partition coefficient (Wildman–Crippen LogP) is 2.74. The maximum Gasteiger partial charge on any atom is 0.261 e. The molecule has 24 heavy (non-hydrogen) atoms. The summed E-state index contributed by atoms with van der Waals surface area (Å²) in [5.74, 6) is 0.865. The van der Waals surface area contributed by atoms with E-state index in [1.165, 1.54) is 24.8 Å². The Balaban J connectivity index is 1.76. The molecule has 0 amide bonds. The van der Waals surface area contributed by atoms with Crippen LogP contribution < -0.4 is 9.62 Å². The Morgan fingerprint density at radius 2 is 1.92 bits per heavy atom. The molecule has 124 valence electrons. The zero-order valence-electron chi connectivity index (χ0n) is 13.1. The number of benzene rings is 1. The first-order chi connectivity index (χ1) is 11.6. The van der Waals surface area contributed by atoms with Crippen molar-refractivity contribution in [3.05, 3.63) is 48.2 Å². The second kappa shape index (κ2) is 6.89. The van der Waals surface area contributed by atoms with Crippen molar-refractivity contribution in [2.75, 3.05) is 22.7 Å². The highest BCUT2D eigenvalue weighted by molar-refractivity contribution is 7.92. The molecule has 1 aliphatic heterocycles. The normalized spacial score (nSPS) is 14.9. The third-order valence-electron chi connectivity index (χ3n) is 3.95. The Labute approximate surface area is 141 Å². The van der Waals surface area contributed by atoms with Crippen LogP contribution in [-0.2, 0) is 10.0 Å². The van der Waals surface area contributed by atoms with Crippen molar-refractivity contribution < 1.29 is 8.42 Å². The van der Waals surface area contributed by atoms with Crippen LogP contribution in [0.3, 0.4) is 0 Å². The van der Waals surface area contributed by atoms with E-state index >= 15 is 0 Å². The molecule has 1 aromatic carbocycles. The van der Waals surface area contributed by atoms with Crippen LogP contribution in [0.25, 0.3) is 0 Å². The van der Waals surface area contributed by atoms with Crippen LogP contribution >= 0.6 is 0 Å². The number of sulfonamides is 1. The Bertz CT molecular complexity index is 851. The topological polar surface area (TPSA) is 86.1 Å². The SMILES string of the molecule is N#Cc1cccc(S(=O)(=O)Nc2ccc(N3CCCCC3)nc2)c1. The summed E-state index contributed by atoms with van der Waals surface area (Å²) in [5, 5.41) is 8.89. The van der Waals surface area contributed by atoms with Gasteiger partial charge in [0.2, 0.25) is 0 Å². The average Bonchev–Trinajstić information content (AvgIpc) is 2.63. The van der Waals surface area contributed by atoms with Gasteiger partial charge in [0, 0.05) is 13.1 Å². The first-order valence-electron chi connectivity index (χ1n) is 7.82. The predicted molar refractivity (Wildman–Crippen MR) is 92.3 cm³/mol. The largest absolute Gasteiger partial charge is 0.357 e. The third-order valence-corrected chi connectivity index (χ3v) is 5.33. The van der Waals surface area contributed by atoms with E-state index in [9.17, 15) is 8.42 Å². The molecule has 1 aromatic heterocycles. The van der Waals surface area contributed by atoms with E-state index in [1.807, 2.05) is 12.1 Å². The summed E-state index contributed by atoms with van der Waals surface area (Å²) in [5.41, 5.74) is 0.703. The number of anilines is 2. The fourth-order valence-corrected chi connectivity index (χ4v) is 3.79. The number of nitriles is 1. The first-order valence-corrected chi connectivity index (χ1v) is 9.31. The minimum atomic E-state index is -3.74. The number of rotatable bonds is 4. The molecule has 0 aliphatic carbocycles. The van der Waals surface area contributed by atoms with Crippen LogP contribution in [0.15, 0.2) is 47.5 Å². The minimum Gasteiger partial charge on any atom is -0.357 e. The van der Waals surface area contributed by atoms with E-state index in [4.69, 9.17) is 5.26 Å². The number of hydrogen-bond acceptors (Lipinski definition) is 5. The summed E-state index contributed by atoms with van der Waals surface area (Å²) in [4.78, 5) is 6.62. The number of nitrogens with zero attached hydrogens (tertiary/aromatic N) is 3. The molecular formula is C17H18N4O2S. The molecule has 0 spiro atoms. The van der Waals surface area contributed by atoms with Crippen LogP contribution in [0.2, 0.25) is 0 Å². The lowest BCUT2D eigenvalue weighted by atomic mass is 10.1. The first kappa shape index (κ1) is 16.3. The van der Waals surface area contributed by atoms with Crippen LogP contribution in [0, 0.1) is 11.3 Å². The fourth-order valence-electron chi connectivity index (χ4n) is 2.70. The lowest BCUT2D eigenvalue weighted by Gasteiger charge is -2.27. The van der Waals surface area contributed by atoms with E-state index in [-0.39, 0.29) is 4.90 Å². The molecular weight excluding hydrogens is 324 g/mol. The van der Waals surface area contributed by atoms with Crippen molar-refractivity contribution in [1.82, 2.24) is 4.98 Å². The number of pyridine rings is 1. The summed E-state index contributed by atoms with van der Waals surface area (Å²) >= 11 is 0. The van der Waals surface area contributed by atoms with Gasteiger partial charge < -0.3 is 4.90 Å². The van der Waals surface area contributed by atoms with Gasteiger partial charge in [-0.1, -0.05) is 6.07 Å². The van der Waals surface area contributed by atoms with Gasteiger partial charge in [-0.3, -0.25) is 4.72 Å². The second-order valence-corrected chi connectivity index (χ2v) is 7.38. The summed E-state index contributed by atoms with van der Waals surface area (Å²) in [6, 6.07) is 11.4. The van der Waals surface area contributed by atoms with Crippen molar-refractivity contribution in [2.45, 2.75) is 24.2 Å². The monoisotopic (exact) mass is 342 g/mol. The minimum absolute atomic E-state index is 0.0571. The lowest BCUT2D eigenvalue weighted by molar-refractivity contribution is 0.573. The molecule has 2 aromatic rings. The van der Waals surface area contributed by atoms with Gasteiger partial charge in [0.05, 0.1) is 28.4 Å². The van der Waals surface area contributed by atoms with Gasteiger partial charge in [-0.05, 0) is 49.6 Å². The van der Waals surface area contributed by atoms with Crippen LogP contribution in [-0.4, -0.2) is 26.5 Å². The van der Waals surface area contributed by atoms with E-state index in [0.717, 1.165) is 31.7 Å². The number of aromatic nitrogens is 1. The molecule has 3 rings (SSSR count). The summed E-state index contributed by atoms with van der Waals surface area (Å²) in [6.07, 6.45) is 5.09. The fraction of sp³-hybridized carbons (Fsp3) is 0.294. The average molecular weight is 342 g/mol. The van der Waals surface area contributed by atoms with Gasteiger partial charge in [0.1, 0.15) is 5.82 Å². The number of piperidine rings is 1. The molecule has 1 saturated heterocycles. The zero-order valence-corrected chi connectivity index (χ0v) is 14.0. The molecule has 0 saturated carbocycles. The Morgan fingerprint density at radius 1 is 1.12 bits per heavy atom. The maximum atomic E-state index is 12.4. The molecule has 1 N–H and O–H groups in total. The Morgan fingerprint density at radius 3 is 2.58 bits per heavy atom. The molecule has 1 fully saturated rings. The van der Waals surface area contributed by atoms with Crippen LogP contribution in [0.5, 0.6) is 0 Å². The van der Waals surface area contributed by atoms with E-state index < -0.39 is 10.0 Å². The summed E-state index contributed by atoms with van der Waals surface area (Å²) in [6.45, 7) is 1.97. The highest BCUT2D eigenvalue weighted by atomic mass is 32.2. The van der Waals surface area contributed by atoms with E-state index in [2.05, 4.69) is 14.6 Å². The molecule has 2 heterocycles. The number of hydrogen-bond donors (Lipinski definition) is 1. The number of nitrogens with one attached hydrogen (secondary N) is 1. The van der Waals surface area contributed by atoms with Gasteiger partial charge in [-0.25, -0.2) is 13.4 Å². The lowest BCUT2D eigenvalue weighted by Crippen LogP contribution is -2.30. The van der Waals surface area contributed by atoms with Crippen LogP contribution in [0.4, 0.5) is 11.5 Å². The molecule has 6 nitrogen and oxygen atoms in total. The van der Waals surface area contributed by atoms with E-state index in [0.29, 0.717) is 11.3 Å². The van der Waals surface area contributed by atoms with Crippen molar-refractivity contribution in [3.63, 3.8) is 0 Å². The van der Waals surface area contributed by atoms with Crippen molar-refractivity contribution in [1.29, 1.82) is 5.26 Å². The highest BCUT2D eigenvalue weighted by Crippen LogP contribution is 2.21. The van der Waals surface area contributed by atoms with Crippen LogP contribution in [0.1, 0.15) is 24.8 Å². The maximum absolute atomic E-state index is 12.4. The van der Waals surface area contributed by atoms with Gasteiger partial charge >= 0.3 is 0 Å². The van der Waals surface area contributed by atoms with Gasteiger partial charge in [0.15, 0.2) is 0 Å². The summed E-state index contributed by atoms with van der Waals surface area (Å²) < 4.78 is 27.3. The van der Waals surface area contributed by atoms with Crippen molar-refractivity contribution in [2.24, 2.45) is 0 Å². The quantitative estimate of drug-likeness (QED) is 0.923. The highest BCUT2D eigenvalue weighted by Gasteiger charge is 2.16. The van der Waals surface area contributed by atoms with Gasteiger partial charge in [-0.15, -0.1) is 0 Å². The molecule has 0 bridgehead atoms. The Kier molecular flexibility index (Phi) is 4.67. The molecule has 7 heteroatoms. The molecule has 1 aliphatic rings. The Hall–Kier alpha value is -2.59. The third kappa shape index (κ3) is 3.66. The summed E-state index contributed by atoms with van der Waals surface area (Å²) in [7, 11) is -3.74. The molecule has 0 atom stereocenters. The van der Waals surface area contributed by atoms with Crippen molar-refractivity contribution >= 4 is 21.5 Å². The van der Waals surface area contributed by atoms with Gasteiger partial charge in [-0.2, -0.15) is 5.26 Å².